The molecule has 0 aliphatic carbocycles. The molecule has 0 atom stereocenters. The number of anilines is 1. The number of nitrogens with one attached hydrogen (secondary N) is 1. The molecule has 2 aromatic heterocycles. The predicted octanol–water partition coefficient (Wildman–Crippen LogP) is 3.08. The summed E-state index contributed by atoms with van der Waals surface area (Å²) in [7, 11) is 0. The molecular weight excluding hydrogens is 267 g/mol. The maximum absolute atomic E-state index is 13.0. The molecule has 0 amide bonds. The van der Waals surface area contributed by atoms with Crippen LogP contribution in [-0.4, -0.2) is 14.5 Å². The summed E-state index contributed by atoms with van der Waals surface area (Å²) in [5, 5.41) is 3.10. The topological polar surface area (TPSA) is 42.7 Å². The van der Waals surface area contributed by atoms with E-state index in [0.29, 0.717) is 12.4 Å². The third kappa shape index (κ3) is 3.66. The second kappa shape index (κ2) is 6.17. The fourth-order valence-electron chi connectivity index (χ4n) is 2.05. The minimum atomic E-state index is -0.476. The van der Waals surface area contributed by atoms with Gasteiger partial charge in [0.15, 0.2) is 0 Å². The van der Waals surface area contributed by atoms with E-state index in [1.807, 2.05) is 10.8 Å². The van der Waals surface area contributed by atoms with Gasteiger partial charge in [-0.2, -0.15) is 4.39 Å². The van der Waals surface area contributed by atoms with Gasteiger partial charge in [0.05, 0.1) is 6.33 Å². The van der Waals surface area contributed by atoms with Crippen molar-refractivity contribution in [2.75, 3.05) is 5.32 Å². The van der Waals surface area contributed by atoms with Crippen LogP contribution in [0.25, 0.3) is 0 Å². The Morgan fingerprint density at radius 3 is 2.57 bits per heavy atom. The average Bonchev–Trinajstić information content (AvgIpc) is 3.00. The van der Waals surface area contributed by atoms with Crippen LogP contribution in [0.4, 0.5) is 10.2 Å². The first-order valence-electron chi connectivity index (χ1n) is 6.69. The van der Waals surface area contributed by atoms with Gasteiger partial charge in [-0.3, -0.25) is 0 Å². The summed E-state index contributed by atoms with van der Waals surface area (Å²) in [6.07, 6.45) is 5.50. The monoisotopic (exact) mass is 282 g/mol. The summed E-state index contributed by atoms with van der Waals surface area (Å²) >= 11 is 0. The first kappa shape index (κ1) is 13.3. The van der Waals surface area contributed by atoms with Crippen LogP contribution in [0, 0.1) is 5.95 Å². The van der Waals surface area contributed by atoms with Crippen LogP contribution in [0.15, 0.2) is 61.2 Å². The number of aromatic nitrogens is 3. The largest absolute Gasteiger partial charge is 0.366 e. The zero-order chi connectivity index (χ0) is 14.5. The van der Waals surface area contributed by atoms with Gasteiger partial charge in [-0.15, -0.1) is 0 Å². The minimum Gasteiger partial charge on any atom is -0.366 e. The molecule has 0 unspecified atom stereocenters. The molecule has 0 saturated carbocycles. The molecule has 1 N–H and O–H groups in total. The third-order valence-electron chi connectivity index (χ3n) is 3.14. The van der Waals surface area contributed by atoms with Crippen molar-refractivity contribution >= 4 is 5.82 Å². The molecule has 106 valence electrons. The van der Waals surface area contributed by atoms with E-state index >= 15 is 0 Å². The van der Waals surface area contributed by atoms with E-state index in [2.05, 4.69) is 39.6 Å². The maximum atomic E-state index is 13.0. The lowest BCUT2D eigenvalue weighted by Gasteiger charge is -2.07. The number of hydrogen-bond donors (Lipinski definition) is 1. The Kier molecular flexibility index (Phi) is 3.91. The van der Waals surface area contributed by atoms with Crippen LogP contribution in [-0.2, 0) is 13.1 Å². The van der Waals surface area contributed by atoms with E-state index in [-0.39, 0.29) is 0 Å². The van der Waals surface area contributed by atoms with Crippen LogP contribution >= 0.6 is 0 Å². The van der Waals surface area contributed by atoms with Crippen LogP contribution in [0.2, 0.25) is 0 Å². The highest BCUT2D eigenvalue weighted by molar-refractivity contribution is 5.35. The highest BCUT2D eigenvalue weighted by Crippen LogP contribution is 2.09. The lowest BCUT2D eigenvalue weighted by Crippen LogP contribution is -2.02. The first-order chi connectivity index (χ1) is 10.3. The van der Waals surface area contributed by atoms with Gasteiger partial charge in [-0.1, -0.05) is 30.3 Å². The summed E-state index contributed by atoms with van der Waals surface area (Å²) < 4.78 is 15.0. The second-order valence-corrected chi connectivity index (χ2v) is 4.75. The standard InChI is InChI=1S/C16H15FN4/c17-15-2-1-3-16(20-15)19-10-13-4-6-14(7-5-13)11-21-9-8-18-12-21/h1-9,12H,10-11H2,(H,19,20). The Balaban J connectivity index is 1.59. The average molecular weight is 282 g/mol. The molecule has 3 rings (SSSR count). The molecule has 3 aromatic rings. The van der Waals surface area contributed by atoms with E-state index in [4.69, 9.17) is 0 Å². The minimum absolute atomic E-state index is 0.476. The summed E-state index contributed by atoms with van der Waals surface area (Å²) in [6, 6.07) is 13.0. The van der Waals surface area contributed by atoms with Gasteiger partial charge >= 0.3 is 0 Å². The van der Waals surface area contributed by atoms with Crippen LogP contribution in [0.1, 0.15) is 11.1 Å². The number of halogens is 1. The summed E-state index contributed by atoms with van der Waals surface area (Å²) in [5.74, 6) is 0.0631. The van der Waals surface area contributed by atoms with Gasteiger partial charge in [-0.05, 0) is 23.3 Å². The third-order valence-corrected chi connectivity index (χ3v) is 3.14. The van der Waals surface area contributed by atoms with Crippen molar-refractivity contribution < 1.29 is 4.39 Å². The molecule has 0 aliphatic rings. The van der Waals surface area contributed by atoms with Crippen molar-refractivity contribution in [3.63, 3.8) is 0 Å². The molecule has 1 aromatic carbocycles. The Morgan fingerprint density at radius 2 is 1.86 bits per heavy atom. The fraction of sp³-hybridized carbons (Fsp3) is 0.125. The molecule has 4 nitrogen and oxygen atoms in total. The lowest BCUT2D eigenvalue weighted by atomic mass is 10.1. The molecular formula is C16H15FN4. The molecule has 0 aliphatic heterocycles. The highest BCUT2D eigenvalue weighted by atomic mass is 19.1. The Hall–Kier alpha value is -2.69. The number of benzene rings is 1. The lowest BCUT2D eigenvalue weighted by molar-refractivity contribution is 0.585. The molecule has 5 heteroatoms. The van der Waals surface area contributed by atoms with Crippen molar-refractivity contribution in [1.29, 1.82) is 0 Å². The van der Waals surface area contributed by atoms with Crippen molar-refractivity contribution in [3.05, 3.63) is 78.3 Å². The molecule has 0 saturated heterocycles. The quantitative estimate of drug-likeness (QED) is 0.731. The highest BCUT2D eigenvalue weighted by Gasteiger charge is 1.99. The normalized spacial score (nSPS) is 10.5. The van der Waals surface area contributed by atoms with Crippen LogP contribution < -0.4 is 5.32 Å². The smallest absolute Gasteiger partial charge is 0.214 e. The van der Waals surface area contributed by atoms with Crippen molar-refractivity contribution in [2.45, 2.75) is 13.1 Å². The summed E-state index contributed by atoms with van der Waals surface area (Å²) in [5.41, 5.74) is 2.33. The van der Waals surface area contributed by atoms with Gasteiger partial charge in [-0.25, -0.2) is 9.97 Å². The predicted molar refractivity (Wildman–Crippen MR) is 79.3 cm³/mol. The Bertz CT molecular complexity index is 693. The Morgan fingerprint density at radius 1 is 1.05 bits per heavy atom. The Labute approximate surface area is 122 Å². The molecule has 2 heterocycles. The van der Waals surface area contributed by atoms with E-state index < -0.39 is 5.95 Å². The number of hydrogen-bond acceptors (Lipinski definition) is 3. The SMILES string of the molecule is Fc1cccc(NCc2ccc(Cn3ccnc3)cc2)n1. The number of nitrogens with zero attached hydrogens (tertiary/aromatic N) is 3. The van der Waals surface area contributed by atoms with Crippen molar-refractivity contribution in [1.82, 2.24) is 14.5 Å². The van der Waals surface area contributed by atoms with Gasteiger partial charge in [0, 0.05) is 25.5 Å². The van der Waals surface area contributed by atoms with Crippen LogP contribution in [0.5, 0.6) is 0 Å². The van der Waals surface area contributed by atoms with Crippen molar-refractivity contribution in [3.8, 4) is 0 Å². The van der Waals surface area contributed by atoms with Gasteiger partial charge < -0.3 is 9.88 Å². The number of rotatable bonds is 5. The number of pyridine rings is 1. The van der Waals surface area contributed by atoms with E-state index in [0.717, 1.165) is 12.1 Å². The van der Waals surface area contributed by atoms with E-state index in [9.17, 15) is 4.39 Å². The first-order valence-corrected chi connectivity index (χ1v) is 6.69. The van der Waals surface area contributed by atoms with Gasteiger partial charge in [0.25, 0.3) is 0 Å². The second-order valence-electron chi connectivity index (χ2n) is 4.75. The van der Waals surface area contributed by atoms with E-state index in [1.54, 1.807) is 24.7 Å². The number of imidazole rings is 1. The molecule has 0 spiro atoms. The fourth-order valence-corrected chi connectivity index (χ4v) is 2.05. The summed E-state index contributed by atoms with van der Waals surface area (Å²) in [4.78, 5) is 7.79. The molecule has 0 fully saturated rings. The zero-order valence-corrected chi connectivity index (χ0v) is 11.4. The molecule has 21 heavy (non-hydrogen) atoms. The zero-order valence-electron chi connectivity index (χ0n) is 11.4. The van der Waals surface area contributed by atoms with E-state index in [1.165, 1.54) is 11.6 Å². The van der Waals surface area contributed by atoms with Gasteiger partial charge in [0.2, 0.25) is 5.95 Å². The van der Waals surface area contributed by atoms with Crippen molar-refractivity contribution in [2.24, 2.45) is 0 Å². The summed E-state index contributed by atoms with van der Waals surface area (Å²) in [6.45, 7) is 1.42. The maximum Gasteiger partial charge on any atom is 0.214 e. The van der Waals surface area contributed by atoms with Gasteiger partial charge in [0.1, 0.15) is 5.82 Å². The molecule has 0 radical (unpaired) electrons. The molecule has 0 bridgehead atoms. The van der Waals surface area contributed by atoms with Crippen LogP contribution in [0.3, 0.4) is 0 Å².